The molecule has 1 fully saturated rings. The number of hydrogen-bond acceptors (Lipinski definition) is 5. The topological polar surface area (TPSA) is 86.7 Å². The molecule has 0 atom stereocenters. The molecular formula is C23H22N2O4S2. The second kappa shape index (κ2) is 10.9. The molecule has 0 unspecified atom stereocenters. The van der Waals surface area contributed by atoms with E-state index in [1.165, 1.54) is 12.1 Å². The van der Waals surface area contributed by atoms with E-state index in [-0.39, 0.29) is 16.7 Å². The number of carboxylic acids is 1. The normalized spacial score (nSPS) is 14.8. The molecule has 2 amide bonds. The molecule has 3 rings (SSSR count). The van der Waals surface area contributed by atoms with Gasteiger partial charge in [0.1, 0.15) is 4.99 Å². The molecule has 2 aromatic rings. The number of unbranched alkanes of at least 4 members (excludes halogenated alkanes) is 2. The summed E-state index contributed by atoms with van der Waals surface area (Å²) in [5.41, 5.74) is 1.59. The van der Waals surface area contributed by atoms with E-state index in [1.54, 1.807) is 17.0 Å². The van der Waals surface area contributed by atoms with Crippen LogP contribution in [0.3, 0.4) is 0 Å². The first-order valence-corrected chi connectivity index (χ1v) is 11.1. The van der Waals surface area contributed by atoms with Crippen LogP contribution in [0.5, 0.6) is 0 Å². The van der Waals surface area contributed by atoms with Crippen LogP contribution in [0, 0.1) is 0 Å². The van der Waals surface area contributed by atoms with Crippen molar-refractivity contribution in [2.45, 2.75) is 25.7 Å². The Bertz CT molecular complexity index is 1020. The summed E-state index contributed by atoms with van der Waals surface area (Å²) in [5, 5.41) is 11.7. The monoisotopic (exact) mass is 454 g/mol. The summed E-state index contributed by atoms with van der Waals surface area (Å²) >= 11 is 6.62. The van der Waals surface area contributed by atoms with Crippen LogP contribution >= 0.6 is 24.0 Å². The zero-order chi connectivity index (χ0) is 22.2. The summed E-state index contributed by atoms with van der Waals surface area (Å²) in [6, 6.07) is 15.9. The maximum absolute atomic E-state index is 12.3. The molecular weight excluding hydrogens is 432 g/mol. The zero-order valence-electron chi connectivity index (χ0n) is 16.7. The van der Waals surface area contributed by atoms with Crippen LogP contribution in [0.1, 0.15) is 41.6 Å². The highest BCUT2D eigenvalue weighted by atomic mass is 32.2. The Morgan fingerprint density at radius 3 is 2.58 bits per heavy atom. The smallest absolute Gasteiger partial charge is 0.335 e. The Balaban J connectivity index is 1.40. The lowest BCUT2D eigenvalue weighted by Crippen LogP contribution is -2.28. The first kappa shape index (κ1) is 22.7. The van der Waals surface area contributed by atoms with Gasteiger partial charge in [-0.2, -0.15) is 0 Å². The van der Waals surface area contributed by atoms with Crippen LogP contribution < -0.4 is 5.32 Å². The molecule has 1 aliphatic rings. The molecule has 0 aromatic heterocycles. The van der Waals surface area contributed by atoms with E-state index in [9.17, 15) is 14.4 Å². The van der Waals surface area contributed by atoms with Gasteiger partial charge < -0.3 is 10.4 Å². The molecule has 0 spiro atoms. The van der Waals surface area contributed by atoms with Crippen molar-refractivity contribution < 1.29 is 19.5 Å². The summed E-state index contributed by atoms with van der Waals surface area (Å²) in [7, 11) is 0. The minimum absolute atomic E-state index is 0.0664. The number of anilines is 1. The average molecular weight is 455 g/mol. The number of carbonyl (C=O) groups excluding carboxylic acids is 2. The van der Waals surface area contributed by atoms with Crippen LogP contribution in [0.2, 0.25) is 0 Å². The van der Waals surface area contributed by atoms with Crippen molar-refractivity contribution in [2.75, 3.05) is 11.9 Å². The van der Waals surface area contributed by atoms with Gasteiger partial charge in [0, 0.05) is 18.7 Å². The van der Waals surface area contributed by atoms with Gasteiger partial charge in [-0.15, -0.1) is 0 Å². The molecule has 2 N–H and O–H groups in total. The molecule has 0 aliphatic carbocycles. The third-order valence-electron chi connectivity index (χ3n) is 4.65. The number of amides is 2. The molecule has 8 heteroatoms. The maximum Gasteiger partial charge on any atom is 0.335 e. The first-order valence-electron chi connectivity index (χ1n) is 9.87. The van der Waals surface area contributed by atoms with E-state index in [4.69, 9.17) is 17.3 Å². The second-order valence-corrected chi connectivity index (χ2v) is 8.37. The molecule has 0 radical (unpaired) electrons. The first-order chi connectivity index (χ1) is 14.9. The molecule has 1 saturated heterocycles. The predicted molar refractivity (Wildman–Crippen MR) is 127 cm³/mol. The van der Waals surface area contributed by atoms with Crippen LogP contribution in [0.4, 0.5) is 10.5 Å². The van der Waals surface area contributed by atoms with E-state index < -0.39 is 5.97 Å². The highest BCUT2D eigenvalue weighted by Crippen LogP contribution is 2.33. The third kappa shape index (κ3) is 6.50. The molecule has 1 aliphatic heterocycles. The van der Waals surface area contributed by atoms with E-state index in [2.05, 4.69) is 5.32 Å². The third-order valence-corrected chi connectivity index (χ3v) is 6.15. The van der Waals surface area contributed by atoms with Crippen molar-refractivity contribution in [1.29, 1.82) is 0 Å². The molecule has 1 heterocycles. The molecule has 6 nitrogen and oxygen atoms in total. The van der Waals surface area contributed by atoms with Crippen molar-refractivity contribution >= 4 is 57.8 Å². The van der Waals surface area contributed by atoms with Gasteiger partial charge in [0.2, 0.25) is 5.91 Å². The summed E-state index contributed by atoms with van der Waals surface area (Å²) in [5.74, 6) is -1.20. The van der Waals surface area contributed by atoms with E-state index in [1.807, 2.05) is 36.4 Å². The number of thioether (sulfide) groups is 1. The Kier molecular flexibility index (Phi) is 7.97. The molecule has 2 aromatic carbocycles. The van der Waals surface area contributed by atoms with Gasteiger partial charge in [0.25, 0.3) is 5.24 Å². The molecule has 0 saturated carbocycles. The van der Waals surface area contributed by atoms with Crippen LogP contribution in [0.25, 0.3) is 6.08 Å². The van der Waals surface area contributed by atoms with Crippen LogP contribution in [0.15, 0.2) is 59.5 Å². The zero-order valence-corrected chi connectivity index (χ0v) is 18.4. The Morgan fingerprint density at radius 1 is 1.06 bits per heavy atom. The summed E-state index contributed by atoms with van der Waals surface area (Å²) in [4.78, 5) is 38.3. The fraction of sp³-hybridized carbons (Fsp3) is 0.217. The number of nitrogens with zero attached hydrogens (tertiary/aromatic N) is 1. The summed E-state index contributed by atoms with van der Waals surface area (Å²) in [6.45, 7) is 0.527. The number of aromatic carboxylic acids is 1. The van der Waals surface area contributed by atoms with E-state index in [0.717, 1.165) is 35.1 Å². The minimum Gasteiger partial charge on any atom is -0.478 e. The number of carbonyl (C=O) groups is 3. The maximum atomic E-state index is 12.3. The summed E-state index contributed by atoms with van der Waals surface area (Å²) < 4.78 is 0. The predicted octanol–water partition coefficient (Wildman–Crippen LogP) is 5.42. The Hall–Kier alpha value is -2.97. The van der Waals surface area contributed by atoms with Crippen molar-refractivity contribution in [3.63, 3.8) is 0 Å². The number of hydrogen-bond donors (Lipinski definition) is 2. The molecule has 0 bridgehead atoms. The minimum atomic E-state index is -1.04. The van der Waals surface area contributed by atoms with E-state index in [0.29, 0.717) is 30.1 Å². The SMILES string of the molecule is O=C(CCCCCN1C(=O)SC(=Cc2ccccc2)C1=S)Nc1cccc(C(=O)O)c1. The highest BCUT2D eigenvalue weighted by Gasteiger charge is 2.31. The Morgan fingerprint density at radius 2 is 1.84 bits per heavy atom. The number of carboxylic acid groups (broad SMARTS) is 1. The summed E-state index contributed by atoms with van der Waals surface area (Å²) in [6.07, 6.45) is 4.43. The number of benzene rings is 2. The number of rotatable bonds is 9. The van der Waals surface area contributed by atoms with Gasteiger partial charge >= 0.3 is 5.97 Å². The highest BCUT2D eigenvalue weighted by molar-refractivity contribution is 8.19. The fourth-order valence-corrected chi connectivity index (χ4v) is 4.37. The van der Waals surface area contributed by atoms with Crippen molar-refractivity contribution in [2.24, 2.45) is 0 Å². The number of nitrogens with one attached hydrogen (secondary N) is 1. The lowest BCUT2D eigenvalue weighted by Gasteiger charge is -2.14. The van der Waals surface area contributed by atoms with Crippen molar-refractivity contribution in [3.8, 4) is 0 Å². The van der Waals surface area contributed by atoms with Gasteiger partial charge in [0.15, 0.2) is 0 Å². The molecule has 31 heavy (non-hydrogen) atoms. The lowest BCUT2D eigenvalue weighted by molar-refractivity contribution is -0.116. The molecule has 160 valence electrons. The van der Waals surface area contributed by atoms with Gasteiger partial charge in [-0.1, -0.05) is 55.0 Å². The average Bonchev–Trinajstić information content (AvgIpc) is 3.01. The van der Waals surface area contributed by atoms with Gasteiger partial charge in [0.05, 0.1) is 10.5 Å². The second-order valence-electron chi connectivity index (χ2n) is 6.99. The van der Waals surface area contributed by atoms with Crippen molar-refractivity contribution in [1.82, 2.24) is 4.90 Å². The number of thiocarbonyl (C=S) groups is 1. The lowest BCUT2D eigenvalue weighted by atomic mass is 10.1. The van der Waals surface area contributed by atoms with Gasteiger partial charge in [-0.3, -0.25) is 14.5 Å². The standard InChI is InChI=1S/C23H22N2O4S2/c26-20(24-18-11-7-10-17(15-18)22(27)28)12-5-2-6-13-25-21(30)19(31-23(25)29)14-16-8-3-1-4-9-16/h1,3-4,7-11,14-15H,2,5-6,12-13H2,(H,24,26)(H,27,28). The quantitative estimate of drug-likeness (QED) is 0.299. The van der Waals surface area contributed by atoms with E-state index >= 15 is 0 Å². The van der Waals surface area contributed by atoms with Gasteiger partial charge in [-0.25, -0.2) is 4.79 Å². The fourth-order valence-electron chi connectivity index (χ4n) is 3.08. The Labute approximate surface area is 190 Å². The van der Waals surface area contributed by atoms with Crippen LogP contribution in [-0.4, -0.2) is 38.7 Å². The van der Waals surface area contributed by atoms with Gasteiger partial charge in [-0.05, 0) is 54.4 Å². The van der Waals surface area contributed by atoms with Crippen LogP contribution in [-0.2, 0) is 4.79 Å². The largest absolute Gasteiger partial charge is 0.478 e. The van der Waals surface area contributed by atoms with Crippen molar-refractivity contribution in [3.05, 3.63) is 70.6 Å².